The minimum atomic E-state index is -3.00. The van der Waals surface area contributed by atoms with E-state index in [1.807, 2.05) is 6.92 Å². The van der Waals surface area contributed by atoms with Crippen LogP contribution in [0, 0.1) is 6.92 Å². The highest BCUT2D eigenvalue weighted by Crippen LogP contribution is 2.20. The van der Waals surface area contributed by atoms with Gasteiger partial charge in [0.25, 0.3) is 5.91 Å². The molecule has 100 valence electrons. The third kappa shape index (κ3) is 2.40. The van der Waals surface area contributed by atoms with E-state index in [-0.39, 0.29) is 29.1 Å². The predicted octanol–water partition coefficient (Wildman–Crippen LogP) is 0.632. The molecule has 0 bridgehead atoms. The van der Waals surface area contributed by atoms with Crippen molar-refractivity contribution in [1.82, 2.24) is 10.1 Å². The monoisotopic (exact) mass is 272 g/mol. The molecule has 2 rings (SSSR count). The maximum atomic E-state index is 12.3. The third-order valence-corrected chi connectivity index (χ3v) is 4.95. The third-order valence-electron chi connectivity index (χ3n) is 3.20. The lowest BCUT2D eigenvalue weighted by Crippen LogP contribution is -2.41. The zero-order chi connectivity index (χ0) is 13.3. The molecule has 1 saturated heterocycles. The Bertz CT molecular complexity index is 549. The first-order chi connectivity index (χ1) is 8.44. The number of aromatic nitrogens is 1. The highest BCUT2D eigenvalue weighted by Gasteiger charge is 2.35. The zero-order valence-electron chi connectivity index (χ0n) is 10.4. The molecule has 1 aliphatic heterocycles. The van der Waals surface area contributed by atoms with E-state index in [4.69, 9.17) is 4.52 Å². The summed E-state index contributed by atoms with van der Waals surface area (Å²) in [5, 5.41) is 3.68. The van der Waals surface area contributed by atoms with Gasteiger partial charge < -0.3 is 9.42 Å². The van der Waals surface area contributed by atoms with Crippen molar-refractivity contribution in [2.24, 2.45) is 0 Å². The van der Waals surface area contributed by atoms with Crippen molar-refractivity contribution in [3.8, 4) is 0 Å². The fourth-order valence-corrected chi connectivity index (χ4v) is 3.95. The van der Waals surface area contributed by atoms with Crippen LogP contribution in [0.15, 0.2) is 10.8 Å². The number of hydrogen-bond donors (Lipinski definition) is 0. The highest BCUT2D eigenvalue weighted by molar-refractivity contribution is 7.91. The van der Waals surface area contributed by atoms with E-state index in [0.29, 0.717) is 18.5 Å². The molecule has 0 radical (unpaired) electrons. The van der Waals surface area contributed by atoms with Crippen LogP contribution in [0.1, 0.15) is 29.4 Å². The molecule has 1 amide bonds. The van der Waals surface area contributed by atoms with Gasteiger partial charge in [-0.2, -0.15) is 0 Å². The molecule has 1 aliphatic rings. The standard InChI is InChI=1S/C11H16N2O4S/c1-3-13(9-4-5-18(15,16)7-9)11(14)10-8(2)6-17-12-10/h6,9H,3-5,7H2,1-2H3. The predicted molar refractivity (Wildman–Crippen MR) is 65.0 cm³/mol. The lowest BCUT2D eigenvalue weighted by molar-refractivity contribution is 0.0697. The first-order valence-corrected chi connectivity index (χ1v) is 7.69. The minimum Gasteiger partial charge on any atom is -0.364 e. The Labute approximate surface area is 106 Å². The van der Waals surface area contributed by atoms with Crippen LogP contribution in [0.2, 0.25) is 0 Å². The molecule has 1 aromatic rings. The Morgan fingerprint density at radius 1 is 1.61 bits per heavy atom. The van der Waals surface area contributed by atoms with Gasteiger partial charge in [-0.25, -0.2) is 8.42 Å². The Balaban J connectivity index is 2.20. The molecule has 1 fully saturated rings. The number of sulfone groups is 1. The van der Waals surface area contributed by atoms with Crippen LogP contribution in [0.4, 0.5) is 0 Å². The van der Waals surface area contributed by atoms with Gasteiger partial charge in [-0.15, -0.1) is 0 Å². The van der Waals surface area contributed by atoms with E-state index in [2.05, 4.69) is 5.16 Å². The summed E-state index contributed by atoms with van der Waals surface area (Å²) in [7, 11) is -3.00. The van der Waals surface area contributed by atoms with Crippen molar-refractivity contribution >= 4 is 15.7 Å². The van der Waals surface area contributed by atoms with Crippen LogP contribution in [-0.2, 0) is 9.84 Å². The summed E-state index contributed by atoms with van der Waals surface area (Å²) in [5.74, 6) is -0.0613. The van der Waals surface area contributed by atoms with Crippen LogP contribution < -0.4 is 0 Å². The van der Waals surface area contributed by atoms with E-state index in [9.17, 15) is 13.2 Å². The van der Waals surface area contributed by atoms with E-state index >= 15 is 0 Å². The number of carbonyl (C=O) groups excluding carboxylic acids is 1. The Hall–Kier alpha value is -1.37. The molecule has 0 N–H and O–H groups in total. The topological polar surface area (TPSA) is 80.5 Å². The fraction of sp³-hybridized carbons (Fsp3) is 0.636. The van der Waals surface area contributed by atoms with Gasteiger partial charge >= 0.3 is 0 Å². The van der Waals surface area contributed by atoms with Gasteiger partial charge in [-0.1, -0.05) is 5.16 Å². The van der Waals surface area contributed by atoms with Crippen LogP contribution >= 0.6 is 0 Å². The van der Waals surface area contributed by atoms with Crippen molar-refractivity contribution in [1.29, 1.82) is 0 Å². The normalized spacial score (nSPS) is 22.0. The Morgan fingerprint density at radius 3 is 2.78 bits per heavy atom. The second-order valence-electron chi connectivity index (χ2n) is 4.49. The van der Waals surface area contributed by atoms with Crippen LogP contribution in [0.5, 0.6) is 0 Å². The molecular weight excluding hydrogens is 256 g/mol. The molecule has 0 aromatic carbocycles. The molecule has 0 saturated carbocycles. The van der Waals surface area contributed by atoms with E-state index < -0.39 is 9.84 Å². The van der Waals surface area contributed by atoms with E-state index in [1.165, 1.54) is 6.26 Å². The van der Waals surface area contributed by atoms with Crippen molar-refractivity contribution in [2.45, 2.75) is 26.3 Å². The number of rotatable bonds is 3. The molecule has 7 heteroatoms. The van der Waals surface area contributed by atoms with Crippen molar-refractivity contribution in [3.63, 3.8) is 0 Å². The van der Waals surface area contributed by atoms with E-state index in [1.54, 1.807) is 11.8 Å². The Kier molecular flexibility index (Phi) is 3.43. The lowest BCUT2D eigenvalue weighted by atomic mass is 10.2. The van der Waals surface area contributed by atoms with Crippen molar-refractivity contribution < 1.29 is 17.7 Å². The molecule has 1 unspecified atom stereocenters. The van der Waals surface area contributed by atoms with Crippen molar-refractivity contribution in [2.75, 3.05) is 18.1 Å². The van der Waals surface area contributed by atoms with E-state index in [0.717, 1.165) is 0 Å². The van der Waals surface area contributed by atoms with Gasteiger partial charge in [0.15, 0.2) is 15.5 Å². The summed E-state index contributed by atoms with van der Waals surface area (Å²) in [4.78, 5) is 13.8. The van der Waals surface area contributed by atoms with Crippen molar-refractivity contribution in [3.05, 3.63) is 17.5 Å². The summed E-state index contributed by atoms with van der Waals surface area (Å²) in [5.41, 5.74) is 0.931. The minimum absolute atomic E-state index is 0.0451. The number of aryl methyl sites for hydroxylation is 1. The molecule has 2 heterocycles. The average molecular weight is 272 g/mol. The molecule has 1 aromatic heterocycles. The van der Waals surface area contributed by atoms with Crippen LogP contribution in [0.25, 0.3) is 0 Å². The zero-order valence-corrected chi connectivity index (χ0v) is 11.2. The summed E-state index contributed by atoms with van der Waals surface area (Å²) >= 11 is 0. The first kappa shape index (κ1) is 13.1. The summed E-state index contributed by atoms with van der Waals surface area (Å²) in [6.07, 6.45) is 1.91. The van der Waals surface area contributed by atoms with Gasteiger partial charge in [0.05, 0.1) is 11.5 Å². The lowest BCUT2D eigenvalue weighted by Gasteiger charge is -2.26. The maximum Gasteiger partial charge on any atom is 0.276 e. The second-order valence-corrected chi connectivity index (χ2v) is 6.72. The van der Waals surface area contributed by atoms with Gasteiger partial charge in [0.1, 0.15) is 6.26 Å². The van der Waals surface area contributed by atoms with Crippen LogP contribution in [0.3, 0.4) is 0 Å². The van der Waals surface area contributed by atoms with Crippen LogP contribution in [-0.4, -0.2) is 48.5 Å². The molecule has 18 heavy (non-hydrogen) atoms. The Morgan fingerprint density at radius 2 is 2.33 bits per heavy atom. The molecular formula is C11H16N2O4S. The van der Waals surface area contributed by atoms with Gasteiger partial charge in [-0.3, -0.25) is 4.79 Å². The van der Waals surface area contributed by atoms with Gasteiger partial charge in [0, 0.05) is 18.2 Å². The molecule has 0 spiro atoms. The molecule has 0 aliphatic carbocycles. The molecule has 1 atom stereocenters. The summed E-state index contributed by atoms with van der Waals surface area (Å²) in [6, 6.07) is -0.247. The highest BCUT2D eigenvalue weighted by atomic mass is 32.2. The quantitative estimate of drug-likeness (QED) is 0.806. The summed E-state index contributed by atoms with van der Waals surface area (Å²) < 4.78 is 27.7. The largest absolute Gasteiger partial charge is 0.364 e. The van der Waals surface area contributed by atoms with Gasteiger partial charge in [-0.05, 0) is 20.3 Å². The molecule has 6 nitrogen and oxygen atoms in total. The average Bonchev–Trinajstić information content (AvgIpc) is 2.86. The number of carbonyl (C=O) groups is 1. The summed E-state index contributed by atoms with van der Waals surface area (Å²) in [6.45, 7) is 4.03. The smallest absolute Gasteiger partial charge is 0.276 e. The number of nitrogens with zero attached hydrogens (tertiary/aromatic N) is 2. The first-order valence-electron chi connectivity index (χ1n) is 5.87. The second kappa shape index (κ2) is 4.72. The number of hydrogen-bond acceptors (Lipinski definition) is 5. The SMILES string of the molecule is CCN(C(=O)c1nocc1C)C1CCS(=O)(=O)C1. The van der Waals surface area contributed by atoms with Gasteiger partial charge in [0.2, 0.25) is 0 Å². The number of amides is 1. The fourth-order valence-electron chi connectivity index (χ4n) is 2.22. The maximum absolute atomic E-state index is 12.3.